The number of benzene rings is 2. The predicted octanol–water partition coefficient (Wildman–Crippen LogP) is 3.77. The standard InChI is InChI=1S/C20H21F3N2O/c21-16-6-4-14(5-7-16)12-24-11-10-17-8-9-19(26)25(17)13-15-2-1-3-18(22)20(15)23/h1-7,17,24H,8-13H2/t17-/m0/s1. The highest BCUT2D eigenvalue weighted by molar-refractivity contribution is 5.78. The number of halogens is 3. The summed E-state index contributed by atoms with van der Waals surface area (Å²) >= 11 is 0. The summed E-state index contributed by atoms with van der Waals surface area (Å²) < 4.78 is 40.1. The third kappa shape index (κ3) is 4.43. The lowest BCUT2D eigenvalue weighted by atomic mass is 10.1. The van der Waals surface area contributed by atoms with Crippen LogP contribution in [0.3, 0.4) is 0 Å². The van der Waals surface area contributed by atoms with Crippen LogP contribution in [0.5, 0.6) is 0 Å². The van der Waals surface area contributed by atoms with Crippen molar-refractivity contribution in [2.75, 3.05) is 6.54 Å². The molecule has 0 bridgehead atoms. The molecule has 3 rings (SSSR count). The van der Waals surface area contributed by atoms with E-state index in [2.05, 4.69) is 5.32 Å². The lowest BCUT2D eigenvalue weighted by molar-refractivity contribution is -0.129. The highest BCUT2D eigenvalue weighted by Gasteiger charge is 2.31. The van der Waals surface area contributed by atoms with Crippen molar-refractivity contribution >= 4 is 5.91 Å². The van der Waals surface area contributed by atoms with Crippen molar-refractivity contribution in [3.63, 3.8) is 0 Å². The highest BCUT2D eigenvalue weighted by Crippen LogP contribution is 2.25. The van der Waals surface area contributed by atoms with Gasteiger partial charge < -0.3 is 10.2 Å². The number of carbonyl (C=O) groups excluding carboxylic acids is 1. The van der Waals surface area contributed by atoms with Crippen LogP contribution in [0.4, 0.5) is 13.2 Å². The summed E-state index contributed by atoms with van der Waals surface area (Å²) in [6.07, 6.45) is 1.87. The van der Waals surface area contributed by atoms with Crippen molar-refractivity contribution in [1.29, 1.82) is 0 Å². The molecule has 0 unspecified atom stereocenters. The molecule has 1 saturated heterocycles. The zero-order chi connectivity index (χ0) is 18.5. The molecule has 6 heteroatoms. The van der Waals surface area contributed by atoms with Gasteiger partial charge in [-0.2, -0.15) is 0 Å². The Balaban J connectivity index is 1.52. The van der Waals surface area contributed by atoms with Crippen molar-refractivity contribution in [1.82, 2.24) is 10.2 Å². The van der Waals surface area contributed by atoms with Crippen molar-refractivity contribution in [3.8, 4) is 0 Å². The van der Waals surface area contributed by atoms with E-state index >= 15 is 0 Å². The molecule has 1 heterocycles. The maximum absolute atomic E-state index is 13.9. The SMILES string of the molecule is O=C1CC[C@@H](CCNCc2ccc(F)cc2)N1Cc1cccc(F)c1F. The molecule has 0 spiro atoms. The maximum atomic E-state index is 13.9. The molecular weight excluding hydrogens is 341 g/mol. The smallest absolute Gasteiger partial charge is 0.223 e. The summed E-state index contributed by atoms with van der Waals surface area (Å²) in [7, 11) is 0. The molecule has 0 aliphatic carbocycles. The first-order valence-corrected chi connectivity index (χ1v) is 8.72. The Morgan fingerprint density at radius 1 is 1.08 bits per heavy atom. The summed E-state index contributed by atoms with van der Waals surface area (Å²) in [5, 5.41) is 3.27. The quantitative estimate of drug-likeness (QED) is 0.761. The summed E-state index contributed by atoms with van der Waals surface area (Å²) in [5.41, 5.74) is 1.18. The largest absolute Gasteiger partial charge is 0.335 e. The Morgan fingerprint density at radius 2 is 1.85 bits per heavy atom. The van der Waals surface area contributed by atoms with Crippen LogP contribution in [0, 0.1) is 17.5 Å². The first kappa shape index (κ1) is 18.5. The normalized spacial score (nSPS) is 17.1. The molecule has 1 fully saturated rings. The molecule has 138 valence electrons. The van der Waals surface area contributed by atoms with Gasteiger partial charge in [0, 0.05) is 31.1 Å². The third-order valence-corrected chi connectivity index (χ3v) is 4.72. The van der Waals surface area contributed by atoms with E-state index in [1.165, 1.54) is 24.3 Å². The van der Waals surface area contributed by atoms with Gasteiger partial charge in [0.25, 0.3) is 0 Å². The first-order chi connectivity index (χ1) is 12.5. The fourth-order valence-electron chi connectivity index (χ4n) is 3.27. The summed E-state index contributed by atoms with van der Waals surface area (Å²) in [5.74, 6) is -2.08. The van der Waals surface area contributed by atoms with Gasteiger partial charge in [-0.15, -0.1) is 0 Å². The molecule has 1 atom stereocenters. The van der Waals surface area contributed by atoms with Crippen LogP contribution in [0.25, 0.3) is 0 Å². The lowest BCUT2D eigenvalue weighted by Crippen LogP contribution is -2.35. The Bertz CT molecular complexity index is 764. The molecule has 1 amide bonds. The van der Waals surface area contributed by atoms with Crippen LogP contribution in [0.1, 0.15) is 30.4 Å². The Hall–Kier alpha value is -2.34. The number of nitrogens with zero attached hydrogens (tertiary/aromatic N) is 1. The number of carbonyl (C=O) groups is 1. The minimum absolute atomic E-state index is 0.00545. The van der Waals surface area contributed by atoms with Gasteiger partial charge in [-0.05, 0) is 43.1 Å². The topological polar surface area (TPSA) is 32.3 Å². The van der Waals surface area contributed by atoms with Gasteiger partial charge >= 0.3 is 0 Å². The molecular formula is C20H21F3N2O. The molecule has 3 nitrogen and oxygen atoms in total. The van der Waals surface area contributed by atoms with Crippen LogP contribution in [-0.4, -0.2) is 23.4 Å². The second kappa shape index (κ2) is 8.36. The summed E-state index contributed by atoms with van der Waals surface area (Å²) in [6.45, 7) is 1.38. The number of likely N-dealkylation sites (tertiary alicyclic amines) is 1. The van der Waals surface area contributed by atoms with E-state index in [-0.39, 0.29) is 29.9 Å². The van der Waals surface area contributed by atoms with Crippen molar-refractivity contribution in [3.05, 3.63) is 71.0 Å². The molecule has 26 heavy (non-hydrogen) atoms. The number of hydrogen-bond donors (Lipinski definition) is 1. The Kier molecular flexibility index (Phi) is 5.93. The molecule has 2 aromatic carbocycles. The van der Waals surface area contributed by atoms with Gasteiger partial charge in [0.2, 0.25) is 5.91 Å². The minimum atomic E-state index is -0.897. The average molecular weight is 362 g/mol. The molecule has 2 aromatic rings. The first-order valence-electron chi connectivity index (χ1n) is 8.72. The van der Waals surface area contributed by atoms with Crippen LogP contribution in [-0.2, 0) is 17.9 Å². The van der Waals surface area contributed by atoms with E-state index in [0.29, 0.717) is 25.9 Å². The van der Waals surface area contributed by atoms with Crippen LogP contribution < -0.4 is 5.32 Å². The molecule has 1 N–H and O–H groups in total. The van der Waals surface area contributed by atoms with Crippen molar-refractivity contribution in [2.45, 2.75) is 38.4 Å². The van der Waals surface area contributed by atoms with E-state index in [9.17, 15) is 18.0 Å². The average Bonchev–Trinajstić information content (AvgIpc) is 2.97. The van der Waals surface area contributed by atoms with E-state index in [0.717, 1.165) is 18.1 Å². The predicted molar refractivity (Wildman–Crippen MR) is 92.7 cm³/mol. The van der Waals surface area contributed by atoms with Crippen LogP contribution in [0.15, 0.2) is 42.5 Å². The van der Waals surface area contributed by atoms with Crippen LogP contribution >= 0.6 is 0 Å². The number of amides is 1. The van der Waals surface area contributed by atoms with Crippen molar-refractivity contribution in [2.24, 2.45) is 0 Å². The molecule has 1 aliphatic rings. The van der Waals surface area contributed by atoms with E-state index in [1.54, 1.807) is 17.0 Å². The van der Waals surface area contributed by atoms with E-state index in [1.807, 2.05) is 0 Å². The zero-order valence-corrected chi connectivity index (χ0v) is 14.4. The second-order valence-corrected chi connectivity index (χ2v) is 6.52. The van der Waals surface area contributed by atoms with Crippen molar-refractivity contribution < 1.29 is 18.0 Å². The Labute approximate surface area is 150 Å². The fraction of sp³-hybridized carbons (Fsp3) is 0.350. The lowest BCUT2D eigenvalue weighted by Gasteiger charge is -2.25. The number of hydrogen-bond acceptors (Lipinski definition) is 2. The minimum Gasteiger partial charge on any atom is -0.335 e. The Morgan fingerprint density at radius 3 is 2.62 bits per heavy atom. The molecule has 0 aromatic heterocycles. The van der Waals surface area contributed by atoms with E-state index < -0.39 is 11.6 Å². The molecule has 1 aliphatic heterocycles. The van der Waals surface area contributed by atoms with Gasteiger partial charge in [0.1, 0.15) is 5.82 Å². The number of rotatable bonds is 7. The summed E-state index contributed by atoms with van der Waals surface area (Å²) in [6, 6.07) is 10.3. The third-order valence-electron chi connectivity index (χ3n) is 4.72. The van der Waals surface area contributed by atoms with Gasteiger partial charge in [-0.1, -0.05) is 24.3 Å². The zero-order valence-electron chi connectivity index (χ0n) is 14.4. The monoisotopic (exact) mass is 362 g/mol. The van der Waals surface area contributed by atoms with Gasteiger partial charge in [0.05, 0.1) is 0 Å². The van der Waals surface area contributed by atoms with Gasteiger partial charge in [-0.3, -0.25) is 4.79 Å². The summed E-state index contributed by atoms with van der Waals surface area (Å²) in [4.78, 5) is 13.8. The maximum Gasteiger partial charge on any atom is 0.223 e. The molecule has 0 radical (unpaired) electrons. The fourth-order valence-corrected chi connectivity index (χ4v) is 3.27. The van der Waals surface area contributed by atoms with Gasteiger partial charge in [0.15, 0.2) is 11.6 Å². The second-order valence-electron chi connectivity index (χ2n) is 6.52. The molecule has 0 saturated carbocycles. The highest BCUT2D eigenvalue weighted by atomic mass is 19.2. The van der Waals surface area contributed by atoms with E-state index in [4.69, 9.17) is 0 Å². The van der Waals surface area contributed by atoms with Gasteiger partial charge in [-0.25, -0.2) is 13.2 Å². The number of nitrogens with one attached hydrogen (secondary N) is 1. The van der Waals surface area contributed by atoms with Crippen LogP contribution in [0.2, 0.25) is 0 Å².